The van der Waals surface area contributed by atoms with E-state index in [4.69, 9.17) is 11.6 Å². The first-order valence-corrected chi connectivity index (χ1v) is 7.22. The van der Waals surface area contributed by atoms with Crippen molar-refractivity contribution in [3.8, 4) is 0 Å². The average Bonchev–Trinajstić information content (AvgIpc) is 2.44. The second-order valence-corrected chi connectivity index (χ2v) is 6.11. The molecule has 1 amide bonds. The normalized spacial score (nSPS) is 26.3. The van der Waals surface area contributed by atoms with Gasteiger partial charge in [0.05, 0.1) is 17.2 Å². The lowest BCUT2D eigenvalue weighted by Crippen LogP contribution is -2.53. The number of aliphatic hydroxyl groups excluding tert-OH is 1. The molecule has 1 fully saturated rings. The number of aliphatic hydroxyl groups is 1. The van der Waals surface area contributed by atoms with E-state index in [0.29, 0.717) is 11.5 Å². The Kier molecular flexibility index (Phi) is 4.66. The van der Waals surface area contributed by atoms with E-state index < -0.39 is 11.4 Å². The molecule has 0 unspecified atom stereocenters. The van der Waals surface area contributed by atoms with Crippen LogP contribution in [0.2, 0.25) is 5.02 Å². The highest BCUT2D eigenvalue weighted by Gasteiger charge is 2.35. The summed E-state index contributed by atoms with van der Waals surface area (Å²) in [6.07, 6.45) is 3.46. The summed E-state index contributed by atoms with van der Waals surface area (Å²) in [6.45, 7) is 2.09. The summed E-state index contributed by atoms with van der Waals surface area (Å²) in [5, 5.41) is 12.4. The Hall–Kier alpha value is -1.13. The molecule has 110 valence electrons. The van der Waals surface area contributed by atoms with E-state index in [2.05, 4.69) is 12.2 Å². The van der Waals surface area contributed by atoms with Crippen molar-refractivity contribution in [1.29, 1.82) is 0 Å². The molecule has 20 heavy (non-hydrogen) atoms. The predicted molar refractivity (Wildman–Crippen MR) is 76.3 cm³/mol. The average molecular weight is 300 g/mol. The van der Waals surface area contributed by atoms with E-state index in [1.807, 2.05) is 0 Å². The van der Waals surface area contributed by atoms with Crippen molar-refractivity contribution >= 4 is 17.5 Å². The molecule has 1 aliphatic carbocycles. The Labute approximate surface area is 123 Å². The lowest BCUT2D eigenvalue weighted by molar-refractivity contribution is 0.0717. The summed E-state index contributed by atoms with van der Waals surface area (Å²) in [4.78, 5) is 12.2. The van der Waals surface area contributed by atoms with E-state index in [0.717, 1.165) is 25.7 Å². The van der Waals surface area contributed by atoms with Crippen LogP contribution in [0.5, 0.6) is 0 Å². The largest absolute Gasteiger partial charge is 0.394 e. The molecule has 0 aromatic heterocycles. The van der Waals surface area contributed by atoms with Gasteiger partial charge in [-0.15, -0.1) is 0 Å². The van der Waals surface area contributed by atoms with Crippen molar-refractivity contribution in [2.75, 3.05) is 6.61 Å². The van der Waals surface area contributed by atoms with Gasteiger partial charge >= 0.3 is 0 Å². The maximum Gasteiger partial charge on any atom is 0.251 e. The third-order valence-corrected chi connectivity index (χ3v) is 4.38. The van der Waals surface area contributed by atoms with Crippen LogP contribution in [0.4, 0.5) is 4.39 Å². The van der Waals surface area contributed by atoms with Crippen molar-refractivity contribution in [2.45, 2.75) is 38.1 Å². The Balaban J connectivity index is 2.11. The van der Waals surface area contributed by atoms with Crippen LogP contribution in [0, 0.1) is 11.7 Å². The van der Waals surface area contributed by atoms with E-state index in [1.54, 1.807) is 0 Å². The van der Waals surface area contributed by atoms with Crippen molar-refractivity contribution in [1.82, 2.24) is 5.32 Å². The number of amides is 1. The molecule has 0 atom stereocenters. The highest BCUT2D eigenvalue weighted by molar-refractivity contribution is 6.31. The van der Waals surface area contributed by atoms with Gasteiger partial charge in [0.25, 0.3) is 5.91 Å². The molecule has 0 spiro atoms. The molecular formula is C15H19ClFNO2. The van der Waals surface area contributed by atoms with Crippen LogP contribution < -0.4 is 5.32 Å². The maximum absolute atomic E-state index is 13.1. The lowest BCUT2D eigenvalue weighted by Gasteiger charge is -2.38. The van der Waals surface area contributed by atoms with Crippen LogP contribution in [0.3, 0.4) is 0 Å². The topological polar surface area (TPSA) is 49.3 Å². The van der Waals surface area contributed by atoms with Gasteiger partial charge in [-0.2, -0.15) is 0 Å². The van der Waals surface area contributed by atoms with Gasteiger partial charge in [0.1, 0.15) is 5.82 Å². The molecule has 0 aliphatic heterocycles. The Morgan fingerprint density at radius 3 is 2.70 bits per heavy atom. The summed E-state index contributed by atoms with van der Waals surface area (Å²) >= 11 is 5.68. The zero-order chi connectivity index (χ0) is 14.8. The molecule has 1 aromatic rings. The van der Waals surface area contributed by atoms with Gasteiger partial charge in [0.2, 0.25) is 0 Å². The lowest BCUT2D eigenvalue weighted by atomic mass is 9.77. The second kappa shape index (κ2) is 6.10. The number of halogens is 2. The summed E-state index contributed by atoms with van der Waals surface area (Å²) < 4.78 is 13.1. The number of nitrogens with one attached hydrogen (secondary N) is 1. The smallest absolute Gasteiger partial charge is 0.251 e. The molecule has 5 heteroatoms. The van der Waals surface area contributed by atoms with Gasteiger partial charge in [-0.05, 0) is 49.8 Å². The highest BCUT2D eigenvalue weighted by atomic mass is 35.5. The van der Waals surface area contributed by atoms with Gasteiger partial charge in [-0.25, -0.2) is 4.39 Å². The molecule has 1 aliphatic rings. The van der Waals surface area contributed by atoms with Crippen molar-refractivity contribution in [2.24, 2.45) is 5.92 Å². The number of rotatable bonds is 3. The monoisotopic (exact) mass is 299 g/mol. The molecule has 2 N–H and O–H groups in total. The fourth-order valence-electron chi connectivity index (χ4n) is 2.59. The minimum Gasteiger partial charge on any atom is -0.394 e. The van der Waals surface area contributed by atoms with Crippen LogP contribution in [0.1, 0.15) is 43.0 Å². The second-order valence-electron chi connectivity index (χ2n) is 5.70. The van der Waals surface area contributed by atoms with Crippen molar-refractivity contribution in [3.05, 3.63) is 34.6 Å². The van der Waals surface area contributed by atoms with Crippen LogP contribution >= 0.6 is 11.6 Å². The first-order chi connectivity index (χ1) is 9.46. The highest BCUT2D eigenvalue weighted by Crippen LogP contribution is 2.32. The quantitative estimate of drug-likeness (QED) is 0.901. The third-order valence-electron chi connectivity index (χ3n) is 4.09. The maximum atomic E-state index is 13.1. The van der Waals surface area contributed by atoms with Gasteiger partial charge in [-0.3, -0.25) is 4.79 Å². The van der Waals surface area contributed by atoms with Crippen LogP contribution in [-0.4, -0.2) is 23.2 Å². The molecule has 0 heterocycles. The molecule has 0 bridgehead atoms. The number of carbonyl (C=O) groups excluding carboxylic acids is 1. The molecule has 2 rings (SSSR count). The molecule has 0 radical (unpaired) electrons. The Morgan fingerprint density at radius 1 is 1.50 bits per heavy atom. The minimum absolute atomic E-state index is 0.0760. The number of hydrogen-bond donors (Lipinski definition) is 2. The summed E-state index contributed by atoms with van der Waals surface area (Å²) in [6, 6.07) is 3.88. The Bertz CT molecular complexity index is 499. The van der Waals surface area contributed by atoms with Crippen LogP contribution in [-0.2, 0) is 0 Å². The molecular weight excluding hydrogens is 281 g/mol. The fourth-order valence-corrected chi connectivity index (χ4v) is 2.77. The molecule has 0 saturated heterocycles. The van der Waals surface area contributed by atoms with E-state index >= 15 is 0 Å². The number of benzene rings is 1. The summed E-state index contributed by atoms with van der Waals surface area (Å²) in [5.74, 6) is -0.256. The fraction of sp³-hybridized carbons (Fsp3) is 0.533. The van der Waals surface area contributed by atoms with Crippen molar-refractivity contribution < 1.29 is 14.3 Å². The van der Waals surface area contributed by atoms with Gasteiger partial charge in [-0.1, -0.05) is 18.5 Å². The van der Waals surface area contributed by atoms with E-state index in [9.17, 15) is 14.3 Å². The zero-order valence-corrected chi connectivity index (χ0v) is 12.2. The minimum atomic E-state index is -0.565. The van der Waals surface area contributed by atoms with E-state index in [1.165, 1.54) is 18.2 Å². The first-order valence-electron chi connectivity index (χ1n) is 6.84. The standard InChI is InChI=1S/C15H19ClFNO2/c1-10-4-6-15(9-19,7-5-10)18-14(20)11-2-3-13(17)12(16)8-11/h2-3,8,10,19H,4-7,9H2,1H3,(H,18,20). The van der Waals surface area contributed by atoms with Crippen LogP contribution in [0.25, 0.3) is 0 Å². The van der Waals surface area contributed by atoms with Gasteiger partial charge < -0.3 is 10.4 Å². The number of carbonyl (C=O) groups is 1. The van der Waals surface area contributed by atoms with E-state index in [-0.39, 0.29) is 17.5 Å². The van der Waals surface area contributed by atoms with Gasteiger partial charge in [0.15, 0.2) is 0 Å². The molecule has 1 saturated carbocycles. The zero-order valence-electron chi connectivity index (χ0n) is 11.5. The summed E-state index contributed by atoms with van der Waals surface area (Å²) in [7, 11) is 0. The third kappa shape index (κ3) is 3.30. The van der Waals surface area contributed by atoms with Gasteiger partial charge in [0, 0.05) is 5.56 Å². The molecule has 3 nitrogen and oxygen atoms in total. The van der Waals surface area contributed by atoms with Crippen LogP contribution in [0.15, 0.2) is 18.2 Å². The molecule has 1 aromatic carbocycles. The summed E-state index contributed by atoms with van der Waals surface area (Å²) in [5.41, 5.74) is -0.257. The predicted octanol–water partition coefficient (Wildman–Crippen LogP) is 3.15. The first kappa shape index (κ1) is 15.3. The number of hydrogen-bond acceptors (Lipinski definition) is 2. The SMILES string of the molecule is CC1CCC(CO)(NC(=O)c2ccc(F)c(Cl)c2)CC1. The van der Waals surface area contributed by atoms with Crippen molar-refractivity contribution in [3.63, 3.8) is 0 Å². The Morgan fingerprint density at radius 2 is 2.15 bits per heavy atom.